The molecule has 0 aliphatic rings. The first kappa shape index (κ1) is 11.2. The fourth-order valence-electron chi connectivity index (χ4n) is 1.23. The van der Waals surface area contributed by atoms with Gasteiger partial charge in [0.1, 0.15) is 11.6 Å². The Morgan fingerprint density at radius 2 is 2.21 bits per heavy atom. The summed E-state index contributed by atoms with van der Waals surface area (Å²) < 4.78 is 12.7. The maximum atomic E-state index is 12.7. The molecular formula is C11H12ClFO. The molecular weight excluding hydrogens is 203 g/mol. The zero-order valence-corrected chi connectivity index (χ0v) is 8.56. The monoisotopic (exact) mass is 214 g/mol. The van der Waals surface area contributed by atoms with Gasteiger partial charge < -0.3 is 0 Å². The highest BCUT2D eigenvalue weighted by Gasteiger charge is 2.03. The van der Waals surface area contributed by atoms with Crippen molar-refractivity contribution in [2.24, 2.45) is 0 Å². The molecule has 14 heavy (non-hydrogen) atoms. The summed E-state index contributed by atoms with van der Waals surface area (Å²) in [5.41, 5.74) is 0.726. The highest BCUT2D eigenvalue weighted by Crippen LogP contribution is 2.06. The Hall–Kier alpha value is -0.890. The van der Waals surface area contributed by atoms with Crippen LogP contribution >= 0.6 is 11.6 Å². The van der Waals surface area contributed by atoms with E-state index >= 15 is 0 Å². The average molecular weight is 215 g/mol. The van der Waals surface area contributed by atoms with Crippen molar-refractivity contribution in [2.45, 2.75) is 19.3 Å². The van der Waals surface area contributed by atoms with Crippen LogP contribution in [0.15, 0.2) is 24.3 Å². The SMILES string of the molecule is O=C(CCCCl)Cc1cccc(F)c1. The number of benzene rings is 1. The van der Waals surface area contributed by atoms with Gasteiger partial charge in [0.2, 0.25) is 0 Å². The van der Waals surface area contributed by atoms with Crippen LogP contribution in [0.1, 0.15) is 18.4 Å². The number of halogens is 2. The molecule has 0 unspecified atom stereocenters. The zero-order valence-electron chi connectivity index (χ0n) is 7.80. The Labute approximate surface area is 87.9 Å². The van der Waals surface area contributed by atoms with Gasteiger partial charge in [-0.05, 0) is 24.1 Å². The van der Waals surface area contributed by atoms with Crippen molar-refractivity contribution >= 4 is 17.4 Å². The van der Waals surface area contributed by atoms with Crippen LogP contribution in [-0.2, 0) is 11.2 Å². The van der Waals surface area contributed by atoms with Crippen LogP contribution < -0.4 is 0 Å². The second-order valence-electron chi connectivity index (χ2n) is 3.14. The molecule has 0 saturated carbocycles. The van der Waals surface area contributed by atoms with Crippen molar-refractivity contribution < 1.29 is 9.18 Å². The molecule has 0 aromatic heterocycles. The fourth-order valence-corrected chi connectivity index (χ4v) is 1.36. The van der Waals surface area contributed by atoms with Crippen LogP contribution in [0.4, 0.5) is 4.39 Å². The Morgan fingerprint density at radius 3 is 2.86 bits per heavy atom. The predicted octanol–water partition coefficient (Wildman–Crippen LogP) is 2.96. The van der Waals surface area contributed by atoms with Gasteiger partial charge in [0.05, 0.1) is 0 Å². The molecule has 0 radical (unpaired) electrons. The largest absolute Gasteiger partial charge is 0.299 e. The van der Waals surface area contributed by atoms with Gasteiger partial charge in [0.25, 0.3) is 0 Å². The minimum atomic E-state index is -0.298. The first-order valence-corrected chi connectivity index (χ1v) is 5.08. The number of rotatable bonds is 5. The molecule has 0 aliphatic carbocycles. The summed E-state index contributed by atoms with van der Waals surface area (Å²) in [4.78, 5) is 11.3. The van der Waals surface area contributed by atoms with E-state index in [2.05, 4.69) is 0 Å². The number of ketones is 1. The highest BCUT2D eigenvalue weighted by atomic mass is 35.5. The molecule has 0 bridgehead atoms. The van der Waals surface area contributed by atoms with Crippen LogP contribution in [0.5, 0.6) is 0 Å². The van der Waals surface area contributed by atoms with Crippen molar-refractivity contribution in [1.82, 2.24) is 0 Å². The van der Waals surface area contributed by atoms with Crippen molar-refractivity contribution in [1.29, 1.82) is 0 Å². The third-order valence-electron chi connectivity index (χ3n) is 1.88. The number of hydrogen-bond acceptors (Lipinski definition) is 1. The van der Waals surface area contributed by atoms with E-state index in [1.165, 1.54) is 12.1 Å². The minimum absolute atomic E-state index is 0.108. The fraction of sp³-hybridized carbons (Fsp3) is 0.364. The van der Waals surface area contributed by atoms with Crippen LogP contribution in [0.2, 0.25) is 0 Å². The maximum Gasteiger partial charge on any atom is 0.137 e. The van der Waals surface area contributed by atoms with E-state index in [1.807, 2.05) is 0 Å². The summed E-state index contributed by atoms with van der Waals surface area (Å²) in [5, 5.41) is 0. The third kappa shape index (κ3) is 3.88. The molecule has 1 rings (SSSR count). The lowest BCUT2D eigenvalue weighted by Gasteiger charge is -2.00. The zero-order chi connectivity index (χ0) is 10.4. The van der Waals surface area contributed by atoms with Crippen molar-refractivity contribution in [3.05, 3.63) is 35.6 Å². The standard InChI is InChI=1S/C11H12ClFO/c12-6-2-5-11(14)8-9-3-1-4-10(13)7-9/h1,3-4,7H,2,5-6,8H2. The molecule has 3 heteroatoms. The lowest BCUT2D eigenvalue weighted by molar-refractivity contribution is -0.118. The third-order valence-corrected chi connectivity index (χ3v) is 2.15. The Balaban J connectivity index is 2.47. The lowest BCUT2D eigenvalue weighted by Crippen LogP contribution is -2.02. The van der Waals surface area contributed by atoms with Crippen LogP contribution in [-0.4, -0.2) is 11.7 Å². The van der Waals surface area contributed by atoms with E-state index in [4.69, 9.17) is 11.6 Å². The van der Waals surface area contributed by atoms with Gasteiger partial charge in [-0.2, -0.15) is 0 Å². The molecule has 0 spiro atoms. The summed E-state index contributed by atoms with van der Waals surface area (Å²) in [7, 11) is 0. The van der Waals surface area contributed by atoms with Crippen molar-refractivity contribution in [3.8, 4) is 0 Å². The molecule has 76 valence electrons. The first-order chi connectivity index (χ1) is 6.72. The summed E-state index contributed by atoms with van der Waals surface area (Å²) >= 11 is 5.46. The Morgan fingerprint density at radius 1 is 1.43 bits per heavy atom. The summed E-state index contributed by atoms with van der Waals surface area (Å²) in [5.74, 6) is 0.304. The Bertz CT molecular complexity index is 312. The predicted molar refractivity (Wildman–Crippen MR) is 55.1 cm³/mol. The molecule has 0 fully saturated rings. The van der Waals surface area contributed by atoms with Crippen molar-refractivity contribution in [3.63, 3.8) is 0 Å². The Kier molecular flexibility index (Phi) is 4.60. The number of alkyl halides is 1. The van der Waals surface area contributed by atoms with Gasteiger partial charge in [-0.15, -0.1) is 11.6 Å². The molecule has 1 nitrogen and oxygen atoms in total. The minimum Gasteiger partial charge on any atom is -0.299 e. The summed E-state index contributed by atoms with van der Waals surface area (Å²) in [6.07, 6.45) is 1.46. The molecule has 0 amide bonds. The van der Waals surface area contributed by atoms with E-state index in [0.29, 0.717) is 25.1 Å². The molecule has 0 aliphatic heterocycles. The molecule has 0 saturated heterocycles. The topological polar surface area (TPSA) is 17.1 Å². The summed E-state index contributed by atoms with van der Waals surface area (Å²) in [6, 6.07) is 6.12. The van der Waals surface area contributed by atoms with E-state index in [9.17, 15) is 9.18 Å². The average Bonchev–Trinajstić information content (AvgIpc) is 2.15. The summed E-state index contributed by atoms with van der Waals surface area (Å²) in [6.45, 7) is 0. The van der Waals surface area contributed by atoms with Gasteiger partial charge in [-0.25, -0.2) is 4.39 Å². The van der Waals surface area contributed by atoms with Gasteiger partial charge in [0, 0.05) is 18.7 Å². The smallest absolute Gasteiger partial charge is 0.137 e. The van der Waals surface area contributed by atoms with Gasteiger partial charge in [0.15, 0.2) is 0 Å². The molecule has 1 aromatic rings. The molecule has 0 atom stereocenters. The highest BCUT2D eigenvalue weighted by molar-refractivity contribution is 6.17. The normalized spacial score (nSPS) is 10.1. The van der Waals surface area contributed by atoms with Gasteiger partial charge in [-0.3, -0.25) is 4.79 Å². The number of carbonyl (C=O) groups is 1. The molecule has 0 heterocycles. The quantitative estimate of drug-likeness (QED) is 0.689. The molecule has 1 aromatic carbocycles. The van der Waals surface area contributed by atoms with Crippen LogP contribution in [0.3, 0.4) is 0 Å². The number of carbonyl (C=O) groups excluding carboxylic acids is 1. The van der Waals surface area contributed by atoms with Crippen molar-refractivity contribution in [2.75, 3.05) is 5.88 Å². The van der Waals surface area contributed by atoms with E-state index < -0.39 is 0 Å². The molecule has 0 N–H and O–H groups in total. The first-order valence-electron chi connectivity index (χ1n) is 4.54. The number of hydrogen-bond donors (Lipinski definition) is 0. The van der Waals surface area contributed by atoms with E-state index in [0.717, 1.165) is 5.56 Å². The van der Waals surface area contributed by atoms with Gasteiger partial charge >= 0.3 is 0 Å². The maximum absolute atomic E-state index is 12.7. The lowest BCUT2D eigenvalue weighted by atomic mass is 10.1. The van der Waals surface area contributed by atoms with Crippen LogP contribution in [0, 0.1) is 5.82 Å². The second kappa shape index (κ2) is 5.76. The number of Topliss-reactive ketones (excluding diaryl/α,β-unsaturated/α-hetero) is 1. The van der Waals surface area contributed by atoms with E-state index in [1.54, 1.807) is 12.1 Å². The van der Waals surface area contributed by atoms with E-state index in [-0.39, 0.29) is 11.6 Å². The second-order valence-corrected chi connectivity index (χ2v) is 3.52. The van der Waals surface area contributed by atoms with Gasteiger partial charge in [-0.1, -0.05) is 12.1 Å². The van der Waals surface area contributed by atoms with Crippen LogP contribution in [0.25, 0.3) is 0 Å².